The molecule has 2 aromatic carbocycles. The lowest BCUT2D eigenvalue weighted by molar-refractivity contribution is -0.119. The molecular formula is C30H40N4O5S2. The molecule has 11 heteroatoms. The number of sulfone groups is 1. The van der Waals surface area contributed by atoms with Crippen LogP contribution < -0.4 is 15.1 Å². The molecule has 0 aromatic heterocycles. The van der Waals surface area contributed by atoms with Gasteiger partial charge in [-0.05, 0) is 70.9 Å². The Hall–Kier alpha value is -3.05. The maximum absolute atomic E-state index is 13.7. The van der Waals surface area contributed by atoms with E-state index in [1.807, 2.05) is 54.3 Å². The fourth-order valence-electron chi connectivity index (χ4n) is 5.21. The van der Waals surface area contributed by atoms with Crippen LogP contribution in [0.2, 0.25) is 0 Å². The van der Waals surface area contributed by atoms with Crippen LogP contribution in [0, 0.1) is 6.92 Å². The van der Waals surface area contributed by atoms with E-state index in [4.69, 9.17) is 4.74 Å². The number of aliphatic imine (C=N–C) groups is 1. The molecule has 2 saturated heterocycles. The second kappa shape index (κ2) is 12.4. The highest BCUT2D eigenvalue weighted by Gasteiger charge is 2.50. The van der Waals surface area contributed by atoms with Crippen molar-refractivity contribution in [3.8, 4) is 0 Å². The molecule has 4 rings (SSSR count). The summed E-state index contributed by atoms with van der Waals surface area (Å²) in [6.07, 6.45) is -0.465. The van der Waals surface area contributed by atoms with Crippen LogP contribution >= 0.6 is 11.8 Å². The summed E-state index contributed by atoms with van der Waals surface area (Å²) in [5.74, 6) is -0.488. The second-order valence-corrected chi connectivity index (χ2v) is 14.8. The first-order valence-electron chi connectivity index (χ1n) is 14.0. The smallest absolute Gasteiger partial charge is 0.408 e. The third-order valence-electron chi connectivity index (χ3n) is 7.11. The minimum Gasteiger partial charge on any atom is -0.444 e. The van der Waals surface area contributed by atoms with E-state index >= 15 is 0 Å². The van der Waals surface area contributed by atoms with Crippen LogP contribution in [0.3, 0.4) is 0 Å². The maximum atomic E-state index is 13.7. The van der Waals surface area contributed by atoms with Gasteiger partial charge in [0.25, 0.3) is 5.91 Å². The van der Waals surface area contributed by atoms with E-state index in [2.05, 4.69) is 35.1 Å². The van der Waals surface area contributed by atoms with Crippen molar-refractivity contribution in [1.29, 1.82) is 0 Å². The lowest BCUT2D eigenvalue weighted by atomic mass is 10.1. The summed E-state index contributed by atoms with van der Waals surface area (Å²) >= 11 is 1.32. The standard InChI is InChI=1S/C30H40N4O5S2/c1-7-33(8-2)22-14-15-24(20(3)16-22)34-25-18-41(37,38)19-26(25)40-28(34)32-27(35)23(17-21-12-10-9-11-13-21)31-29(36)39-30(4,5)6/h9-16,23,25-26H,7-8,17-19H2,1-6H3,(H,31,36)/t23-,25-,26+/m0/s1. The Morgan fingerprint density at radius 2 is 1.80 bits per heavy atom. The number of amidine groups is 1. The Morgan fingerprint density at radius 3 is 2.41 bits per heavy atom. The van der Waals surface area contributed by atoms with E-state index < -0.39 is 33.5 Å². The molecular weight excluding hydrogens is 560 g/mol. The number of rotatable bonds is 8. The molecule has 1 N–H and O–H groups in total. The van der Waals surface area contributed by atoms with Gasteiger partial charge in [0.05, 0.1) is 17.5 Å². The molecule has 0 unspecified atom stereocenters. The number of benzene rings is 2. The van der Waals surface area contributed by atoms with Crippen LogP contribution in [-0.4, -0.2) is 73.1 Å². The zero-order chi connectivity index (χ0) is 29.9. The number of anilines is 2. The van der Waals surface area contributed by atoms with E-state index in [9.17, 15) is 18.0 Å². The summed E-state index contributed by atoms with van der Waals surface area (Å²) in [6.45, 7) is 13.2. The fourth-order valence-corrected chi connectivity index (χ4v) is 9.13. The molecule has 2 aliphatic rings. The largest absolute Gasteiger partial charge is 0.444 e. The highest BCUT2D eigenvalue weighted by atomic mass is 32.2. The van der Waals surface area contributed by atoms with Gasteiger partial charge in [0.15, 0.2) is 15.0 Å². The topological polar surface area (TPSA) is 108 Å². The Labute approximate surface area is 247 Å². The van der Waals surface area contributed by atoms with Gasteiger partial charge in [0, 0.05) is 36.1 Å². The quantitative estimate of drug-likeness (QED) is 0.469. The Balaban J connectivity index is 1.69. The minimum atomic E-state index is -3.22. The molecule has 2 aromatic rings. The number of thioether (sulfide) groups is 1. The number of hydrogen-bond donors (Lipinski definition) is 1. The summed E-state index contributed by atoms with van der Waals surface area (Å²) in [6, 6.07) is 14.2. The van der Waals surface area contributed by atoms with Gasteiger partial charge in [0.2, 0.25) is 0 Å². The number of carbonyl (C=O) groups excluding carboxylic acids is 2. The molecule has 0 radical (unpaired) electrons. The van der Waals surface area contributed by atoms with Crippen molar-refractivity contribution in [3.05, 3.63) is 59.7 Å². The van der Waals surface area contributed by atoms with Gasteiger partial charge in [-0.1, -0.05) is 42.1 Å². The van der Waals surface area contributed by atoms with Gasteiger partial charge in [-0.3, -0.25) is 4.79 Å². The molecule has 9 nitrogen and oxygen atoms in total. The van der Waals surface area contributed by atoms with E-state index in [1.165, 1.54) is 11.8 Å². The number of fused-ring (bicyclic) bond motifs is 1. The van der Waals surface area contributed by atoms with Crippen LogP contribution in [0.25, 0.3) is 0 Å². The average Bonchev–Trinajstić information content (AvgIpc) is 3.34. The maximum Gasteiger partial charge on any atom is 0.408 e. The molecule has 2 fully saturated rings. The van der Waals surface area contributed by atoms with Gasteiger partial charge in [-0.2, -0.15) is 4.99 Å². The Morgan fingerprint density at radius 1 is 1.12 bits per heavy atom. The van der Waals surface area contributed by atoms with Crippen LogP contribution in [0.1, 0.15) is 45.7 Å². The van der Waals surface area contributed by atoms with Crippen molar-refractivity contribution in [2.24, 2.45) is 4.99 Å². The van der Waals surface area contributed by atoms with Crippen LogP contribution in [0.4, 0.5) is 16.2 Å². The molecule has 0 aliphatic carbocycles. The molecule has 41 heavy (non-hydrogen) atoms. The molecule has 222 valence electrons. The fraction of sp³-hybridized carbons (Fsp3) is 0.500. The van der Waals surface area contributed by atoms with Crippen molar-refractivity contribution in [2.75, 3.05) is 34.4 Å². The van der Waals surface area contributed by atoms with Gasteiger partial charge >= 0.3 is 6.09 Å². The molecule has 0 bridgehead atoms. The van der Waals surface area contributed by atoms with Gasteiger partial charge in [-0.15, -0.1) is 0 Å². The summed E-state index contributed by atoms with van der Waals surface area (Å²) in [4.78, 5) is 35.1. The lowest BCUT2D eigenvalue weighted by Crippen LogP contribution is -2.45. The van der Waals surface area contributed by atoms with E-state index in [1.54, 1.807) is 20.8 Å². The number of nitrogens with zero attached hydrogens (tertiary/aromatic N) is 3. The van der Waals surface area contributed by atoms with Crippen molar-refractivity contribution >= 4 is 50.1 Å². The number of carbonyl (C=O) groups is 2. The van der Waals surface area contributed by atoms with Gasteiger partial charge in [0.1, 0.15) is 11.6 Å². The molecule has 0 spiro atoms. The summed E-state index contributed by atoms with van der Waals surface area (Å²) in [5, 5.41) is 2.92. The number of nitrogens with one attached hydrogen (secondary N) is 1. The van der Waals surface area contributed by atoms with E-state index in [0.717, 1.165) is 35.6 Å². The second-order valence-electron chi connectivity index (χ2n) is 11.4. The van der Waals surface area contributed by atoms with Gasteiger partial charge in [-0.25, -0.2) is 13.2 Å². The molecule has 2 aliphatic heterocycles. The SMILES string of the molecule is CCN(CC)c1ccc(N2C(=NC(=O)[C@H](Cc3ccccc3)NC(=O)OC(C)(C)C)S[C@@H]3CS(=O)(=O)C[C@@H]32)c(C)c1. The van der Waals surface area contributed by atoms with Crippen molar-refractivity contribution in [3.63, 3.8) is 0 Å². The molecule has 0 saturated carbocycles. The molecule has 2 heterocycles. The number of amides is 2. The Kier molecular flexibility index (Phi) is 9.38. The average molecular weight is 601 g/mol. The third kappa shape index (κ3) is 7.62. The van der Waals surface area contributed by atoms with Gasteiger partial charge < -0.3 is 19.9 Å². The number of alkyl carbamates (subject to hydrolysis) is 1. The minimum absolute atomic E-state index is 0.00127. The summed E-state index contributed by atoms with van der Waals surface area (Å²) < 4.78 is 30.6. The van der Waals surface area contributed by atoms with Crippen molar-refractivity contribution in [1.82, 2.24) is 5.32 Å². The first-order chi connectivity index (χ1) is 19.3. The predicted octanol–water partition coefficient (Wildman–Crippen LogP) is 4.58. The third-order valence-corrected chi connectivity index (χ3v) is 10.3. The monoisotopic (exact) mass is 600 g/mol. The van der Waals surface area contributed by atoms with Crippen LogP contribution in [-0.2, 0) is 25.8 Å². The van der Waals surface area contributed by atoms with Crippen molar-refractivity contribution in [2.45, 2.75) is 70.9 Å². The normalized spacial score (nSPS) is 21.4. The predicted molar refractivity (Wildman–Crippen MR) is 167 cm³/mol. The number of hydrogen-bond acceptors (Lipinski definition) is 7. The highest BCUT2D eigenvalue weighted by molar-refractivity contribution is 8.16. The van der Waals surface area contributed by atoms with E-state index in [0.29, 0.717) is 5.17 Å². The number of ether oxygens (including phenoxy) is 1. The molecule has 2 amide bonds. The van der Waals surface area contributed by atoms with Crippen LogP contribution in [0.15, 0.2) is 53.5 Å². The zero-order valence-electron chi connectivity index (χ0n) is 24.6. The molecule has 3 atom stereocenters. The summed E-state index contributed by atoms with van der Waals surface area (Å²) in [7, 11) is -3.22. The first kappa shape index (κ1) is 30.9. The summed E-state index contributed by atoms with van der Waals surface area (Å²) in [5.41, 5.74) is 3.00. The first-order valence-corrected chi connectivity index (χ1v) is 16.7. The Bertz CT molecular complexity index is 1400. The lowest BCUT2D eigenvalue weighted by Gasteiger charge is -2.28. The highest BCUT2D eigenvalue weighted by Crippen LogP contribution is 2.42. The van der Waals surface area contributed by atoms with Crippen molar-refractivity contribution < 1.29 is 22.7 Å². The number of aryl methyl sites for hydroxylation is 1. The zero-order valence-corrected chi connectivity index (χ0v) is 26.2. The van der Waals surface area contributed by atoms with Crippen LogP contribution in [0.5, 0.6) is 0 Å². The van der Waals surface area contributed by atoms with E-state index in [-0.39, 0.29) is 29.2 Å².